The summed E-state index contributed by atoms with van der Waals surface area (Å²) in [6.07, 6.45) is 0. The van der Waals surface area contributed by atoms with Crippen LogP contribution in [-0.4, -0.2) is 11.1 Å². The molecule has 4 heteroatoms. The van der Waals surface area contributed by atoms with Gasteiger partial charge in [0.1, 0.15) is 0 Å². The molecule has 0 aromatic carbocycles. The van der Waals surface area contributed by atoms with Crippen LogP contribution in [0.1, 0.15) is 4.88 Å². The number of hydrogen-bond donors (Lipinski definition) is 1. The van der Waals surface area contributed by atoms with Gasteiger partial charge in [-0.15, -0.1) is 23.7 Å². The molecule has 1 heterocycles. The first kappa shape index (κ1) is 10.2. The topological polar surface area (TPSA) is 37.3 Å². The van der Waals surface area contributed by atoms with Crippen molar-refractivity contribution in [2.45, 2.75) is 0 Å². The highest BCUT2D eigenvalue weighted by Gasteiger charge is 2.06. The average molecular weight is 191 g/mol. The Labute approximate surface area is 74.6 Å². The van der Waals surface area contributed by atoms with E-state index in [9.17, 15) is 4.79 Å². The average Bonchev–Trinajstić information content (AvgIpc) is 2.36. The van der Waals surface area contributed by atoms with Crippen LogP contribution in [0.3, 0.4) is 0 Å². The Morgan fingerprint density at radius 2 is 2.27 bits per heavy atom. The Balaban J connectivity index is 0.000001000. The van der Waals surface area contributed by atoms with Crippen LogP contribution in [0.25, 0.3) is 5.57 Å². The molecule has 11 heavy (non-hydrogen) atoms. The van der Waals surface area contributed by atoms with Gasteiger partial charge in [0.2, 0.25) is 0 Å². The zero-order chi connectivity index (χ0) is 7.56. The lowest BCUT2D eigenvalue weighted by atomic mass is 10.2. The van der Waals surface area contributed by atoms with Gasteiger partial charge in [-0.3, -0.25) is 0 Å². The molecule has 0 unspecified atom stereocenters. The van der Waals surface area contributed by atoms with Crippen molar-refractivity contribution in [3.8, 4) is 0 Å². The van der Waals surface area contributed by atoms with Crippen molar-refractivity contribution in [1.82, 2.24) is 0 Å². The second-order valence-corrected chi connectivity index (χ2v) is 2.71. The molecular formula is C7H7ClO2S. The van der Waals surface area contributed by atoms with E-state index in [-0.39, 0.29) is 18.0 Å². The first-order valence-corrected chi connectivity index (χ1v) is 3.56. The lowest BCUT2D eigenvalue weighted by Crippen LogP contribution is -1.94. The van der Waals surface area contributed by atoms with Gasteiger partial charge in [-0.25, -0.2) is 4.79 Å². The fourth-order valence-corrected chi connectivity index (χ4v) is 1.25. The molecule has 0 aliphatic heterocycles. The third-order valence-electron chi connectivity index (χ3n) is 1.08. The van der Waals surface area contributed by atoms with E-state index in [0.717, 1.165) is 0 Å². The summed E-state index contributed by atoms with van der Waals surface area (Å²) in [7, 11) is 0. The number of aliphatic carboxylic acids is 1. The number of rotatable bonds is 2. The zero-order valence-electron chi connectivity index (χ0n) is 5.61. The van der Waals surface area contributed by atoms with Crippen LogP contribution < -0.4 is 0 Å². The van der Waals surface area contributed by atoms with Crippen molar-refractivity contribution >= 4 is 35.3 Å². The van der Waals surface area contributed by atoms with Crippen molar-refractivity contribution in [2.24, 2.45) is 0 Å². The quantitative estimate of drug-likeness (QED) is 0.727. The van der Waals surface area contributed by atoms with Gasteiger partial charge in [0.15, 0.2) is 0 Å². The number of carbonyl (C=O) groups is 1. The molecule has 0 aliphatic carbocycles. The van der Waals surface area contributed by atoms with Gasteiger partial charge in [0.25, 0.3) is 0 Å². The van der Waals surface area contributed by atoms with Crippen molar-refractivity contribution in [3.05, 3.63) is 29.0 Å². The molecule has 1 N–H and O–H groups in total. The first-order valence-electron chi connectivity index (χ1n) is 2.68. The molecular weight excluding hydrogens is 184 g/mol. The van der Waals surface area contributed by atoms with Gasteiger partial charge in [0, 0.05) is 4.88 Å². The van der Waals surface area contributed by atoms with Gasteiger partial charge < -0.3 is 5.11 Å². The predicted molar refractivity (Wildman–Crippen MR) is 48.2 cm³/mol. The summed E-state index contributed by atoms with van der Waals surface area (Å²) in [5, 5.41) is 10.3. The second-order valence-electron chi connectivity index (χ2n) is 1.76. The van der Waals surface area contributed by atoms with Crippen LogP contribution in [-0.2, 0) is 4.79 Å². The summed E-state index contributed by atoms with van der Waals surface area (Å²) < 4.78 is 0. The molecule has 1 aromatic heterocycles. The fourth-order valence-electron chi connectivity index (χ4n) is 0.556. The van der Waals surface area contributed by atoms with Crippen molar-refractivity contribution in [1.29, 1.82) is 0 Å². The van der Waals surface area contributed by atoms with Crippen LogP contribution in [0.4, 0.5) is 0 Å². The molecule has 0 saturated carbocycles. The van der Waals surface area contributed by atoms with Crippen LogP contribution in [0.15, 0.2) is 24.1 Å². The Bertz CT molecular complexity index is 253. The standard InChI is InChI=1S/C7H6O2S.ClH/c1-5(7(8)9)6-3-2-4-10-6;/h2-4H,1H2,(H,8,9);1H. The summed E-state index contributed by atoms with van der Waals surface area (Å²) in [6.45, 7) is 3.41. The summed E-state index contributed by atoms with van der Waals surface area (Å²) in [4.78, 5) is 11.0. The third kappa shape index (κ3) is 2.37. The monoisotopic (exact) mass is 190 g/mol. The van der Waals surface area contributed by atoms with E-state index in [1.165, 1.54) is 11.3 Å². The van der Waals surface area contributed by atoms with E-state index in [1.54, 1.807) is 12.1 Å². The van der Waals surface area contributed by atoms with E-state index in [4.69, 9.17) is 5.11 Å². The van der Waals surface area contributed by atoms with Gasteiger partial charge in [-0.05, 0) is 11.4 Å². The summed E-state index contributed by atoms with van der Waals surface area (Å²) in [5.41, 5.74) is 0.162. The van der Waals surface area contributed by atoms with E-state index in [2.05, 4.69) is 6.58 Å². The molecule has 0 spiro atoms. The summed E-state index contributed by atoms with van der Waals surface area (Å²) >= 11 is 1.38. The molecule has 0 bridgehead atoms. The zero-order valence-corrected chi connectivity index (χ0v) is 7.24. The second kappa shape index (κ2) is 4.16. The Morgan fingerprint density at radius 3 is 2.64 bits per heavy atom. The molecule has 0 atom stereocenters. The van der Waals surface area contributed by atoms with E-state index < -0.39 is 5.97 Å². The number of halogens is 1. The van der Waals surface area contributed by atoms with E-state index in [1.807, 2.05) is 5.38 Å². The first-order chi connectivity index (χ1) is 4.72. The molecule has 60 valence electrons. The largest absolute Gasteiger partial charge is 0.478 e. The number of hydrogen-bond acceptors (Lipinski definition) is 2. The molecule has 0 fully saturated rings. The summed E-state index contributed by atoms with van der Waals surface area (Å²) in [5.74, 6) is -0.956. The van der Waals surface area contributed by atoms with Crippen molar-refractivity contribution in [3.63, 3.8) is 0 Å². The Hall–Kier alpha value is -0.800. The van der Waals surface area contributed by atoms with E-state index >= 15 is 0 Å². The van der Waals surface area contributed by atoms with Crippen LogP contribution in [0, 0.1) is 0 Å². The van der Waals surface area contributed by atoms with Crippen molar-refractivity contribution in [2.75, 3.05) is 0 Å². The maximum atomic E-state index is 10.3. The minimum atomic E-state index is -0.956. The molecule has 0 saturated heterocycles. The van der Waals surface area contributed by atoms with Crippen LogP contribution >= 0.6 is 23.7 Å². The fraction of sp³-hybridized carbons (Fsp3) is 0. The number of carboxylic acid groups (broad SMARTS) is 1. The van der Waals surface area contributed by atoms with E-state index in [0.29, 0.717) is 4.88 Å². The van der Waals surface area contributed by atoms with Crippen molar-refractivity contribution < 1.29 is 9.90 Å². The smallest absolute Gasteiger partial charge is 0.336 e. The molecule has 1 rings (SSSR count). The highest BCUT2D eigenvalue weighted by molar-refractivity contribution is 7.11. The maximum absolute atomic E-state index is 10.3. The van der Waals surface area contributed by atoms with Gasteiger partial charge in [-0.1, -0.05) is 12.6 Å². The highest BCUT2D eigenvalue weighted by Crippen LogP contribution is 2.17. The molecule has 2 nitrogen and oxygen atoms in total. The normalized spacial score (nSPS) is 8.36. The van der Waals surface area contributed by atoms with Gasteiger partial charge in [-0.2, -0.15) is 0 Å². The number of carboxylic acids is 1. The minimum Gasteiger partial charge on any atom is -0.478 e. The molecule has 0 radical (unpaired) electrons. The minimum absolute atomic E-state index is 0. The maximum Gasteiger partial charge on any atom is 0.336 e. The molecule has 0 aliphatic rings. The number of thiophene rings is 1. The van der Waals surface area contributed by atoms with Crippen LogP contribution in [0.5, 0.6) is 0 Å². The Morgan fingerprint density at radius 1 is 1.64 bits per heavy atom. The SMILES string of the molecule is C=C(C(=O)O)c1cccs1.Cl. The lowest BCUT2D eigenvalue weighted by molar-refractivity contribution is -0.130. The van der Waals surface area contributed by atoms with Gasteiger partial charge in [0.05, 0.1) is 5.57 Å². The highest BCUT2D eigenvalue weighted by atomic mass is 35.5. The molecule has 0 amide bonds. The van der Waals surface area contributed by atoms with Gasteiger partial charge >= 0.3 is 5.97 Å². The third-order valence-corrected chi connectivity index (χ3v) is 2.01. The molecule has 1 aromatic rings. The lowest BCUT2D eigenvalue weighted by Gasteiger charge is -1.91. The Kier molecular flexibility index (Phi) is 3.85. The predicted octanol–water partition coefficient (Wildman–Crippen LogP) is 2.27. The summed E-state index contributed by atoms with van der Waals surface area (Å²) in [6, 6.07) is 3.54. The van der Waals surface area contributed by atoms with Crippen LogP contribution in [0.2, 0.25) is 0 Å².